The van der Waals surface area contributed by atoms with Crippen molar-refractivity contribution in [1.82, 2.24) is 0 Å². The van der Waals surface area contributed by atoms with E-state index >= 15 is 0 Å². The minimum Gasteiger partial charge on any atom is -0.477 e. The Balaban J connectivity index is 2.39. The van der Waals surface area contributed by atoms with E-state index in [2.05, 4.69) is 6.92 Å². The summed E-state index contributed by atoms with van der Waals surface area (Å²) in [6, 6.07) is 0. The Labute approximate surface area is 133 Å². The maximum atomic E-state index is 11.0. The van der Waals surface area contributed by atoms with Crippen molar-refractivity contribution in [3.05, 3.63) is 0 Å². The van der Waals surface area contributed by atoms with E-state index in [0.29, 0.717) is 12.3 Å². The van der Waals surface area contributed by atoms with Crippen molar-refractivity contribution in [2.24, 2.45) is 11.8 Å². The van der Waals surface area contributed by atoms with Crippen LogP contribution in [0.15, 0.2) is 0 Å². The van der Waals surface area contributed by atoms with Gasteiger partial charge in [0.2, 0.25) is 0 Å². The highest BCUT2D eigenvalue weighted by Crippen LogP contribution is 2.39. The van der Waals surface area contributed by atoms with Crippen LogP contribution in [0.25, 0.3) is 0 Å². The van der Waals surface area contributed by atoms with Gasteiger partial charge in [-0.25, -0.2) is 4.79 Å². The molecule has 1 fully saturated rings. The smallest absolute Gasteiger partial charge is 0.364 e. The number of aliphatic hydroxyl groups excluding tert-OH is 1. The lowest BCUT2D eigenvalue weighted by molar-refractivity contribution is -0.216. The average molecular weight is 316 g/mol. The highest BCUT2D eigenvalue weighted by Gasteiger charge is 2.38. The summed E-state index contributed by atoms with van der Waals surface area (Å²) in [5.41, 5.74) is 0. The minimum absolute atomic E-state index is 0.0601. The summed E-state index contributed by atoms with van der Waals surface area (Å²) in [5, 5.41) is 28.9. The molecule has 0 aromatic rings. The van der Waals surface area contributed by atoms with Gasteiger partial charge in [0, 0.05) is 13.5 Å². The van der Waals surface area contributed by atoms with Crippen LogP contribution in [-0.2, 0) is 9.53 Å². The number of aliphatic carboxylic acids is 1. The molecule has 1 aliphatic carbocycles. The Morgan fingerprint density at radius 1 is 1.18 bits per heavy atom. The zero-order valence-corrected chi connectivity index (χ0v) is 14.0. The van der Waals surface area contributed by atoms with E-state index in [-0.39, 0.29) is 18.4 Å². The van der Waals surface area contributed by atoms with Crippen LogP contribution < -0.4 is 0 Å². The third-order valence-corrected chi connectivity index (χ3v) is 5.09. The van der Waals surface area contributed by atoms with Crippen molar-refractivity contribution < 1.29 is 24.9 Å². The predicted octanol–water partition coefficient (Wildman–Crippen LogP) is 2.93. The molecular formula is C17H32O5. The van der Waals surface area contributed by atoms with Crippen LogP contribution in [0.5, 0.6) is 0 Å². The highest BCUT2D eigenvalue weighted by molar-refractivity contribution is 5.75. The summed E-state index contributed by atoms with van der Waals surface area (Å²) in [5.74, 6) is -2.68. The zero-order valence-electron chi connectivity index (χ0n) is 14.0. The molecule has 4 atom stereocenters. The number of ether oxygens (including phenoxy) is 1. The Hall–Kier alpha value is -0.650. The number of methoxy groups -OCH3 is 1. The summed E-state index contributed by atoms with van der Waals surface area (Å²) in [6.45, 7) is 2.20. The van der Waals surface area contributed by atoms with Gasteiger partial charge >= 0.3 is 5.97 Å². The molecule has 0 spiro atoms. The molecule has 0 aromatic heterocycles. The normalized spacial score (nSPS) is 27.7. The number of hydrogen-bond donors (Lipinski definition) is 3. The van der Waals surface area contributed by atoms with Crippen LogP contribution in [-0.4, -0.2) is 40.3 Å². The molecule has 3 N–H and O–H groups in total. The van der Waals surface area contributed by atoms with Crippen molar-refractivity contribution in [2.45, 2.75) is 83.0 Å². The van der Waals surface area contributed by atoms with Gasteiger partial charge in [-0.3, -0.25) is 0 Å². The van der Waals surface area contributed by atoms with Gasteiger partial charge in [0.05, 0.1) is 6.10 Å². The summed E-state index contributed by atoms with van der Waals surface area (Å²) in [6.07, 6.45) is 9.07. The molecule has 5 heteroatoms. The number of carbonyl (C=O) groups is 1. The Bertz CT molecular complexity index is 333. The molecule has 0 heterocycles. The molecule has 1 aliphatic rings. The van der Waals surface area contributed by atoms with Gasteiger partial charge in [0.25, 0.3) is 5.79 Å². The molecule has 0 aliphatic heterocycles. The molecule has 1 saturated carbocycles. The molecule has 1 rings (SSSR count). The standard InChI is InChI=1S/C17H32O5/c1-3-4-5-6-8-13-10-11-15(18)14(13)9-7-12-17(21,22-2)16(19)20/h13-15,18,21H,3-12H2,1-2H3,(H,19,20)/t13-,14+,15-,17?/m0/s1. The first-order chi connectivity index (χ1) is 10.4. The maximum Gasteiger partial charge on any atom is 0.364 e. The molecule has 130 valence electrons. The maximum absolute atomic E-state index is 11.0. The number of unbranched alkanes of at least 4 members (excludes halogenated alkanes) is 3. The summed E-state index contributed by atoms with van der Waals surface area (Å²) >= 11 is 0. The van der Waals surface area contributed by atoms with Crippen LogP contribution in [0.3, 0.4) is 0 Å². The number of carboxylic acid groups (broad SMARTS) is 1. The lowest BCUT2D eigenvalue weighted by Crippen LogP contribution is -2.40. The fourth-order valence-electron chi connectivity index (χ4n) is 3.62. The quantitative estimate of drug-likeness (QED) is 0.403. The summed E-state index contributed by atoms with van der Waals surface area (Å²) in [4.78, 5) is 11.0. The largest absolute Gasteiger partial charge is 0.477 e. The first-order valence-electron chi connectivity index (χ1n) is 8.63. The van der Waals surface area contributed by atoms with Crippen LogP contribution in [0.4, 0.5) is 0 Å². The third kappa shape index (κ3) is 5.52. The van der Waals surface area contributed by atoms with Crippen molar-refractivity contribution in [3.8, 4) is 0 Å². The van der Waals surface area contributed by atoms with Gasteiger partial charge in [-0.05, 0) is 37.5 Å². The Kier molecular flexibility index (Phi) is 8.36. The SMILES string of the molecule is CCCCCC[C@H]1CC[C@H](O)[C@@H]1CCCC(O)(OC)C(=O)O. The fraction of sp³-hybridized carbons (Fsp3) is 0.941. The Morgan fingerprint density at radius 2 is 1.91 bits per heavy atom. The number of carboxylic acids is 1. The van der Waals surface area contributed by atoms with E-state index < -0.39 is 11.8 Å². The number of aliphatic hydroxyl groups is 2. The molecule has 0 aromatic carbocycles. The van der Waals surface area contributed by atoms with Crippen molar-refractivity contribution in [1.29, 1.82) is 0 Å². The predicted molar refractivity (Wildman–Crippen MR) is 84.4 cm³/mol. The summed E-state index contributed by atoms with van der Waals surface area (Å²) < 4.78 is 4.70. The lowest BCUT2D eigenvalue weighted by atomic mass is 9.85. The second-order valence-electron chi connectivity index (χ2n) is 6.60. The number of rotatable bonds is 11. The highest BCUT2D eigenvalue weighted by atomic mass is 16.6. The van der Waals surface area contributed by atoms with Gasteiger partial charge in [0.1, 0.15) is 0 Å². The third-order valence-electron chi connectivity index (χ3n) is 5.09. The van der Waals surface area contributed by atoms with Crippen molar-refractivity contribution in [3.63, 3.8) is 0 Å². The fourth-order valence-corrected chi connectivity index (χ4v) is 3.62. The van der Waals surface area contributed by atoms with E-state index in [1.54, 1.807) is 0 Å². The molecule has 5 nitrogen and oxygen atoms in total. The second kappa shape index (κ2) is 9.48. The molecule has 0 amide bonds. The van der Waals surface area contributed by atoms with Crippen LogP contribution in [0.1, 0.15) is 71.1 Å². The van der Waals surface area contributed by atoms with Crippen LogP contribution in [0, 0.1) is 11.8 Å². The minimum atomic E-state index is -2.10. The van der Waals surface area contributed by atoms with E-state index in [9.17, 15) is 15.0 Å². The van der Waals surface area contributed by atoms with E-state index in [4.69, 9.17) is 9.84 Å². The molecule has 1 unspecified atom stereocenters. The topological polar surface area (TPSA) is 87.0 Å². The van der Waals surface area contributed by atoms with Crippen LogP contribution in [0.2, 0.25) is 0 Å². The molecule has 0 saturated heterocycles. The van der Waals surface area contributed by atoms with Crippen molar-refractivity contribution >= 4 is 5.97 Å². The van der Waals surface area contributed by atoms with E-state index in [0.717, 1.165) is 25.7 Å². The lowest BCUT2D eigenvalue weighted by Gasteiger charge is -2.25. The van der Waals surface area contributed by atoms with Crippen LogP contribution >= 0.6 is 0 Å². The second-order valence-corrected chi connectivity index (χ2v) is 6.60. The first-order valence-corrected chi connectivity index (χ1v) is 8.63. The van der Waals surface area contributed by atoms with Gasteiger partial charge in [-0.15, -0.1) is 0 Å². The first kappa shape index (κ1) is 19.4. The summed E-state index contributed by atoms with van der Waals surface area (Å²) in [7, 11) is 1.20. The van der Waals surface area contributed by atoms with Gasteiger partial charge in [0.15, 0.2) is 0 Å². The van der Waals surface area contributed by atoms with Crippen molar-refractivity contribution in [2.75, 3.05) is 7.11 Å². The van der Waals surface area contributed by atoms with E-state index in [1.165, 1.54) is 32.8 Å². The molecular weight excluding hydrogens is 284 g/mol. The number of hydrogen-bond acceptors (Lipinski definition) is 4. The van der Waals surface area contributed by atoms with E-state index in [1.807, 2.05) is 0 Å². The zero-order chi connectivity index (χ0) is 16.6. The van der Waals surface area contributed by atoms with Gasteiger partial charge in [-0.1, -0.05) is 39.0 Å². The molecule has 0 radical (unpaired) electrons. The average Bonchev–Trinajstić information content (AvgIpc) is 2.84. The van der Waals surface area contributed by atoms with Gasteiger partial charge in [-0.2, -0.15) is 0 Å². The Morgan fingerprint density at radius 3 is 2.50 bits per heavy atom. The monoisotopic (exact) mass is 316 g/mol. The van der Waals surface area contributed by atoms with Gasteiger partial charge < -0.3 is 20.1 Å². The molecule has 22 heavy (non-hydrogen) atoms. The molecule has 0 bridgehead atoms.